The van der Waals surface area contributed by atoms with Gasteiger partial charge in [0.15, 0.2) is 0 Å². The third-order valence-corrected chi connectivity index (χ3v) is 2.41. The third kappa shape index (κ3) is 2.16. The normalized spacial score (nSPS) is 26.1. The lowest BCUT2D eigenvalue weighted by atomic mass is 10.1. The first-order chi connectivity index (χ1) is 6.70. The first-order valence-electron chi connectivity index (χ1n) is 4.91. The maximum atomic E-state index is 11.4. The molecule has 0 aromatic rings. The third-order valence-electron chi connectivity index (χ3n) is 2.41. The van der Waals surface area contributed by atoms with Gasteiger partial charge in [0.25, 0.3) is 0 Å². The summed E-state index contributed by atoms with van der Waals surface area (Å²) in [5.74, 6) is 0. The molecule has 14 heavy (non-hydrogen) atoms. The van der Waals surface area contributed by atoms with Crippen LogP contribution in [0, 0.1) is 0 Å². The van der Waals surface area contributed by atoms with E-state index in [1.165, 1.54) is 0 Å². The molecule has 0 aromatic carbocycles. The van der Waals surface area contributed by atoms with Gasteiger partial charge in [-0.25, -0.2) is 4.79 Å². The second-order valence-corrected chi connectivity index (χ2v) is 3.44. The number of nitrogens with zero attached hydrogens (tertiary/aromatic N) is 1. The molecule has 1 rings (SSSR count). The first-order valence-corrected chi connectivity index (χ1v) is 4.91. The molecular weight excluding hydrogens is 178 g/mol. The predicted molar refractivity (Wildman–Crippen MR) is 56.1 cm³/mol. The summed E-state index contributed by atoms with van der Waals surface area (Å²) in [6.07, 6.45) is 5.16. The summed E-state index contributed by atoms with van der Waals surface area (Å²) in [7, 11) is 0. The van der Waals surface area contributed by atoms with Gasteiger partial charge in [-0.15, -0.1) is 13.2 Å². The van der Waals surface area contributed by atoms with Crippen LogP contribution in [-0.4, -0.2) is 29.7 Å². The zero-order valence-electron chi connectivity index (χ0n) is 8.61. The SMILES string of the molecule is C=CCCCN1C(=O)O[C@H](C)C1C=C. The van der Waals surface area contributed by atoms with E-state index in [1.54, 1.807) is 11.0 Å². The Morgan fingerprint density at radius 2 is 2.29 bits per heavy atom. The van der Waals surface area contributed by atoms with Crippen molar-refractivity contribution in [3.8, 4) is 0 Å². The Hall–Kier alpha value is -1.25. The van der Waals surface area contributed by atoms with Crippen molar-refractivity contribution in [1.29, 1.82) is 0 Å². The van der Waals surface area contributed by atoms with Crippen LogP contribution in [0.1, 0.15) is 19.8 Å². The summed E-state index contributed by atoms with van der Waals surface area (Å²) in [6, 6.07) is 0.0207. The lowest BCUT2D eigenvalue weighted by Crippen LogP contribution is -2.34. The maximum Gasteiger partial charge on any atom is 0.410 e. The largest absolute Gasteiger partial charge is 0.444 e. The molecule has 0 aromatic heterocycles. The summed E-state index contributed by atoms with van der Waals surface area (Å²) in [6.45, 7) is 9.96. The molecule has 2 atom stereocenters. The molecule has 0 N–H and O–H groups in total. The predicted octanol–water partition coefficient (Wildman–Crippen LogP) is 2.35. The second kappa shape index (κ2) is 4.84. The number of unbranched alkanes of at least 4 members (excludes halogenated alkanes) is 1. The quantitative estimate of drug-likeness (QED) is 0.498. The molecule has 1 heterocycles. The summed E-state index contributed by atoms with van der Waals surface area (Å²) in [5.41, 5.74) is 0. The summed E-state index contributed by atoms with van der Waals surface area (Å²) in [4.78, 5) is 13.1. The van der Waals surface area contributed by atoms with Gasteiger partial charge in [-0.3, -0.25) is 4.90 Å². The van der Waals surface area contributed by atoms with E-state index in [-0.39, 0.29) is 18.2 Å². The highest BCUT2D eigenvalue weighted by Gasteiger charge is 2.36. The average Bonchev–Trinajstić information content (AvgIpc) is 2.42. The van der Waals surface area contributed by atoms with Gasteiger partial charge in [0.1, 0.15) is 6.10 Å². The van der Waals surface area contributed by atoms with Gasteiger partial charge in [-0.1, -0.05) is 12.2 Å². The monoisotopic (exact) mass is 195 g/mol. The molecule has 1 unspecified atom stereocenters. The Bertz CT molecular complexity index is 237. The number of carbonyl (C=O) groups is 1. The molecule has 0 saturated carbocycles. The topological polar surface area (TPSA) is 29.5 Å². The van der Waals surface area contributed by atoms with Gasteiger partial charge in [0.2, 0.25) is 0 Å². The number of cyclic esters (lactones) is 1. The summed E-state index contributed by atoms with van der Waals surface area (Å²) < 4.78 is 5.10. The number of carbonyl (C=O) groups excluding carboxylic acids is 1. The highest BCUT2D eigenvalue weighted by Crippen LogP contribution is 2.20. The van der Waals surface area contributed by atoms with Crippen LogP contribution < -0.4 is 0 Å². The minimum atomic E-state index is -0.230. The Labute approximate surface area is 85.0 Å². The minimum absolute atomic E-state index is 0.0207. The zero-order valence-corrected chi connectivity index (χ0v) is 8.61. The standard InChI is InChI=1S/C11H17NO2/c1-4-6-7-8-12-10(5-2)9(3)14-11(12)13/h4-5,9-10H,1-2,6-8H2,3H3/t9-,10?/m1/s1. The molecule has 0 bridgehead atoms. The van der Waals surface area contributed by atoms with Crippen molar-refractivity contribution in [3.05, 3.63) is 25.3 Å². The molecule has 1 fully saturated rings. The fraction of sp³-hybridized carbons (Fsp3) is 0.545. The molecule has 3 heteroatoms. The van der Waals surface area contributed by atoms with Crippen molar-refractivity contribution in [3.63, 3.8) is 0 Å². The van der Waals surface area contributed by atoms with Gasteiger partial charge in [-0.05, 0) is 19.8 Å². The fourth-order valence-corrected chi connectivity index (χ4v) is 1.64. The molecule has 1 amide bonds. The summed E-state index contributed by atoms with van der Waals surface area (Å²) >= 11 is 0. The molecule has 1 aliphatic rings. The van der Waals surface area contributed by atoms with E-state index < -0.39 is 0 Å². The smallest absolute Gasteiger partial charge is 0.410 e. The highest BCUT2D eigenvalue weighted by atomic mass is 16.6. The van der Waals surface area contributed by atoms with E-state index in [1.807, 2.05) is 13.0 Å². The molecule has 78 valence electrons. The van der Waals surface area contributed by atoms with Crippen LogP contribution in [0.25, 0.3) is 0 Å². The van der Waals surface area contributed by atoms with E-state index in [9.17, 15) is 4.79 Å². The van der Waals surface area contributed by atoms with Gasteiger partial charge in [0.05, 0.1) is 6.04 Å². The molecule has 1 saturated heterocycles. The Balaban J connectivity index is 2.51. The lowest BCUT2D eigenvalue weighted by Gasteiger charge is -2.19. The Morgan fingerprint density at radius 3 is 2.86 bits per heavy atom. The van der Waals surface area contributed by atoms with Crippen LogP contribution in [0.5, 0.6) is 0 Å². The number of rotatable bonds is 5. The highest BCUT2D eigenvalue weighted by molar-refractivity contribution is 5.71. The van der Waals surface area contributed by atoms with Crippen LogP contribution in [0.15, 0.2) is 25.3 Å². The molecule has 0 aliphatic carbocycles. The van der Waals surface area contributed by atoms with Gasteiger partial charge < -0.3 is 4.74 Å². The number of allylic oxidation sites excluding steroid dienone is 1. The molecule has 0 radical (unpaired) electrons. The van der Waals surface area contributed by atoms with E-state index in [2.05, 4.69) is 13.2 Å². The number of hydrogen-bond acceptors (Lipinski definition) is 2. The number of ether oxygens (including phenoxy) is 1. The Kier molecular flexibility index (Phi) is 3.74. The maximum absolute atomic E-state index is 11.4. The van der Waals surface area contributed by atoms with E-state index in [0.717, 1.165) is 12.8 Å². The molecule has 3 nitrogen and oxygen atoms in total. The number of hydrogen-bond donors (Lipinski definition) is 0. The van der Waals surface area contributed by atoms with Crippen LogP contribution in [-0.2, 0) is 4.74 Å². The van der Waals surface area contributed by atoms with Crippen molar-refractivity contribution < 1.29 is 9.53 Å². The van der Waals surface area contributed by atoms with E-state index >= 15 is 0 Å². The fourth-order valence-electron chi connectivity index (χ4n) is 1.64. The van der Waals surface area contributed by atoms with Gasteiger partial charge in [0, 0.05) is 6.54 Å². The van der Waals surface area contributed by atoms with Crippen LogP contribution >= 0.6 is 0 Å². The minimum Gasteiger partial charge on any atom is -0.444 e. The zero-order chi connectivity index (χ0) is 10.6. The molecule has 0 spiro atoms. The van der Waals surface area contributed by atoms with Crippen molar-refractivity contribution in [2.45, 2.75) is 31.9 Å². The van der Waals surface area contributed by atoms with E-state index in [4.69, 9.17) is 4.74 Å². The lowest BCUT2D eigenvalue weighted by molar-refractivity contribution is 0.137. The molecule has 1 aliphatic heterocycles. The van der Waals surface area contributed by atoms with Crippen molar-refractivity contribution in [2.24, 2.45) is 0 Å². The molecular formula is C11H17NO2. The van der Waals surface area contributed by atoms with Crippen LogP contribution in [0.3, 0.4) is 0 Å². The average molecular weight is 195 g/mol. The van der Waals surface area contributed by atoms with E-state index in [0.29, 0.717) is 6.54 Å². The van der Waals surface area contributed by atoms with Gasteiger partial charge in [-0.2, -0.15) is 0 Å². The number of amides is 1. The first kappa shape index (κ1) is 10.8. The second-order valence-electron chi connectivity index (χ2n) is 3.44. The van der Waals surface area contributed by atoms with Crippen LogP contribution in [0.4, 0.5) is 4.79 Å². The van der Waals surface area contributed by atoms with Crippen molar-refractivity contribution in [1.82, 2.24) is 4.90 Å². The van der Waals surface area contributed by atoms with Crippen molar-refractivity contribution >= 4 is 6.09 Å². The van der Waals surface area contributed by atoms with Gasteiger partial charge >= 0.3 is 6.09 Å². The Morgan fingerprint density at radius 1 is 1.57 bits per heavy atom. The van der Waals surface area contributed by atoms with Crippen LogP contribution in [0.2, 0.25) is 0 Å². The van der Waals surface area contributed by atoms with Crippen molar-refractivity contribution in [2.75, 3.05) is 6.54 Å². The summed E-state index contributed by atoms with van der Waals surface area (Å²) in [5, 5.41) is 0.